The Morgan fingerprint density at radius 1 is 1.28 bits per heavy atom. The lowest BCUT2D eigenvalue weighted by atomic mass is 10.1. The van der Waals surface area contributed by atoms with E-state index >= 15 is 0 Å². The van der Waals surface area contributed by atoms with Crippen LogP contribution >= 0.6 is 0 Å². The minimum atomic E-state index is -1.22. The van der Waals surface area contributed by atoms with E-state index in [9.17, 15) is 9.18 Å². The first kappa shape index (κ1) is 11.5. The van der Waals surface area contributed by atoms with Gasteiger partial charge in [0.2, 0.25) is 0 Å². The molecule has 0 amide bonds. The van der Waals surface area contributed by atoms with Crippen LogP contribution in [-0.2, 0) is 0 Å². The maximum absolute atomic E-state index is 13.6. The molecule has 1 aromatic rings. The van der Waals surface area contributed by atoms with Gasteiger partial charge in [-0.05, 0) is 55.7 Å². The van der Waals surface area contributed by atoms with Gasteiger partial charge in [0.05, 0.1) is 5.56 Å². The lowest BCUT2D eigenvalue weighted by molar-refractivity contribution is 0.0692. The average molecular weight is 249 g/mol. The predicted octanol–water partition coefficient (Wildman–Crippen LogP) is 3.12. The minimum absolute atomic E-state index is 0.269. The topological polar surface area (TPSA) is 49.3 Å². The molecule has 3 rings (SSSR count). The quantitative estimate of drug-likeness (QED) is 0.843. The molecule has 18 heavy (non-hydrogen) atoms. The summed E-state index contributed by atoms with van der Waals surface area (Å²) in [6.45, 7) is 0. The zero-order chi connectivity index (χ0) is 12.7. The molecule has 0 radical (unpaired) electrons. The highest BCUT2D eigenvalue weighted by Crippen LogP contribution is 2.45. The maximum atomic E-state index is 13.6. The van der Waals surface area contributed by atoms with Gasteiger partial charge in [0.25, 0.3) is 0 Å². The van der Waals surface area contributed by atoms with Gasteiger partial charge in [-0.15, -0.1) is 0 Å². The number of nitrogens with one attached hydrogen (secondary N) is 1. The molecule has 2 fully saturated rings. The van der Waals surface area contributed by atoms with Gasteiger partial charge in [0.15, 0.2) is 0 Å². The van der Waals surface area contributed by atoms with Gasteiger partial charge in [-0.3, -0.25) is 0 Å². The van der Waals surface area contributed by atoms with E-state index in [1.807, 2.05) is 0 Å². The van der Waals surface area contributed by atoms with E-state index in [0.717, 1.165) is 11.8 Å². The highest BCUT2D eigenvalue weighted by atomic mass is 19.1. The molecule has 4 heteroatoms. The summed E-state index contributed by atoms with van der Waals surface area (Å²) in [6, 6.07) is 4.72. The van der Waals surface area contributed by atoms with E-state index in [2.05, 4.69) is 5.32 Å². The summed E-state index contributed by atoms with van der Waals surface area (Å²) < 4.78 is 13.6. The van der Waals surface area contributed by atoms with E-state index in [0.29, 0.717) is 11.7 Å². The van der Waals surface area contributed by atoms with Crippen molar-refractivity contribution < 1.29 is 14.3 Å². The zero-order valence-corrected chi connectivity index (χ0v) is 10.0. The van der Waals surface area contributed by atoms with Crippen LogP contribution in [0.15, 0.2) is 18.2 Å². The Labute approximate surface area is 105 Å². The fourth-order valence-corrected chi connectivity index (χ4v) is 2.50. The number of aromatic carboxylic acids is 1. The van der Waals surface area contributed by atoms with Gasteiger partial charge in [-0.2, -0.15) is 0 Å². The number of rotatable bonds is 5. The summed E-state index contributed by atoms with van der Waals surface area (Å²) in [5.74, 6) is -0.447. The molecule has 0 heterocycles. The van der Waals surface area contributed by atoms with E-state index in [1.54, 1.807) is 6.07 Å². The van der Waals surface area contributed by atoms with Crippen LogP contribution in [0.3, 0.4) is 0 Å². The van der Waals surface area contributed by atoms with Gasteiger partial charge in [0, 0.05) is 11.7 Å². The molecule has 0 atom stereocenters. The number of carboxylic acids is 1. The number of hydrogen-bond acceptors (Lipinski definition) is 2. The number of anilines is 1. The van der Waals surface area contributed by atoms with Crippen molar-refractivity contribution in [3.63, 3.8) is 0 Å². The Bertz CT molecular complexity index is 469. The first-order chi connectivity index (χ1) is 8.65. The van der Waals surface area contributed by atoms with Crippen LogP contribution in [0.5, 0.6) is 0 Å². The van der Waals surface area contributed by atoms with Crippen molar-refractivity contribution in [2.45, 2.75) is 31.7 Å². The summed E-state index contributed by atoms with van der Waals surface area (Å²) in [5.41, 5.74) is 0.427. The second kappa shape index (κ2) is 4.26. The van der Waals surface area contributed by atoms with Crippen molar-refractivity contribution in [1.29, 1.82) is 0 Å². The fraction of sp³-hybridized carbons (Fsp3) is 0.500. The Morgan fingerprint density at radius 2 is 1.89 bits per heavy atom. The van der Waals surface area contributed by atoms with Crippen LogP contribution in [0.25, 0.3) is 0 Å². The Hall–Kier alpha value is -1.58. The molecule has 0 saturated heterocycles. The lowest BCUT2D eigenvalue weighted by Gasteiger charge is -2.19. The summed E-state index contributed by atoms with van der Waals surface area (Å²) >= 11 is 0. The third-order valence-corrected chi connectivity index (χ3v) is 3.79. The molecule has 0 spiro atoms. The Kier molecular flexibility index (Phi) is 2.73. The number of halogens is 1. The molecule has 3 nitrogen and oxygen atoms in total. The van der Waals surface area contributed by atoms with Crippen molar-refractivity contribution in [3.8, 4) is 0 Å². The smallest absolute Gasteiger partial charge is 0.338 e. The Morgan fingerprint density at radius 3 is 2.33 bits per heavy atom. The van der Waals surface area contributed by atoms with Crippen LogP contribution in [-0.4, -0.2) is 17.1 Å². The van der Waals surface area contributed by atoms with Crippen molar-refractivity contribution >= 4 is 11.7 Å². The largest absolute Gasteiger partial charge is 0.478 e. The molecule has 2 saturated carbocycles. The number of hydrogen-bond donors (Lipinski definition) is 2. The molecule has 1 aromatic carbocycles. The zero-order valence-electron chi connectivity index (χ0n) is 10.0. The van der Waals surface area contributed by atoms with Crippen LogP contribution < -0.4 is 5.32 Å². The molecule has 0 aliphatic heterocycles. The van der Waals surface area contributed by atoms with Crippen molar-refractivity contribution in [3.05, 3.63) is 29.6 Å². The maximum Gasteiger partial charge on any atom is 0.338 e. The molecule has 0 bridgehead atoms. The summed E-state index contributed by atoms with van der Waals surface area (Å²) in [7, 11) is 0. The SMILES string of the molecule is O=C(O)c1ccc(NC(C2CC2)C2CC2)cc1F. The molecule has 0 unspecified atom stereocenters. The molecule has 2 N–H and O–H groups in total. The predicted molar refractivity (Wildman–Crippen MR) is 66.2 cm³/mol. The van der Waals surface area contributed by atoms with Crippen LogP contribution in [0, 0.1) is 17.7 Å². The van der Waals surface area contributed by atoms with Gasteiger partial charge in [0.1, 0.15) is 5.82 Å². The lowest BCUT2D eigenvalue weighted by Crippen LogP contribution is -2.24. The monoisotopic (exact) mass is 249 g/mol. The molecular weight excluding hydrogens is 233 g/mol. The second-order valence-corrected chi connectivity index (χ2v) is 5.34. The van der Waals surface area contributed by atoms with Gasteiger partial charge in [-0.1, -0.05) is 0 Å². The Balaban J connectivity index is 1.75. The van der Waals surface area contributed by atoms with Gasteiger partial charge < -0.3 is 10.4 Å². The highest BCUT2D eigenvalue weighted by Gasteiger charge is 2.41. The third-order valence-electron chi connectivity index (χ3n) is 3.79. The molecule has 2 aliphatic carbocycles. The van der Waals surface area contributed by atoms with Crippen molar-refractivity contribution in [2.24, 2.45) is 11.8 Å². The number of carbonyl (C=O) groups is 1. The molecule has 96 valence electrons. The van der Waals surface area contributed by atoms with Crippen molar-refractivity contribution in [2.75, 3.05) is 5.32 Å². The van der Waals surface area contributed by atoms with Crippen LogP contribution in [0.2, 0.25) is 0 Å². The van der Waals surface area contributed by atoms with Crippen LogP contribution in [0.4, 0.5) is 10.1 Å². The summed E-state index contributed by atoms with van der Waals surface area (Å²) in [6.07, 6.45) is 5.02. The van der Waals surface area contributed by atoms with E-state index in [-0.39, 0.29) is 5.56 Å². The summed E-state index contributed by atoms with van der Waals surface area (Å²) in [4.78, 5) is 10.7. The fourth-order valence-electron chi connectivity index (χ4n) is 2.50. The van der Waals surface area contributed by atoms with E-state index in [4.69, 9.17) is 5.11 Å². The minimum Gasteiger partial charge on any atom is -0.478 e. The van der Waals surface area contributed by atoms with Crippen LogP contribution in [0.1, 0.15) is 36.0 Å². The third kappa shape index (κ3) is 2.33. The number of benzene rings is 1. The average Bonchev–Trinajstić information content (AvgIpc) is 3.17. The molecule has 0 aromatic heterocycles. The standard InChI is InChI=1S/C14H16FNO2/c15-12-7-10(5-6-11(12)14(17)18)16-13(8-1-2-8)9-3-4-9/h5-9,13,16H,1-4H2,(H,17,18). The summed E-state index contributed by atoms with van der Waals surface area (Å²) in [5, 5.41) is 12.2. The number of carboxylic acid groups (broad SMARTS) is 1. The van der Waals surface area contributed by atoms with E-state index in [1.165, 1.54) is 37.8 Å². The highest BCUT2D eigenvalue weighted by molar-refractivity contribution is 5.88. The van der Waals surface area contributed by atoms with Gasteiger partial charge >= 0.3 is 5.97 Å². The first-order valence-electron chi connectivity index (χ1n) is 6.44. The molecule has 2 aliphatic rings. The van der Waals surface area contributed by atoms with Crippen molar-refractivity contribution in [1.82, 2.24) is 0 Å². The second-order valence-electron chi connectivity index (χ2n) is 5.34. The first-order valence-corrected chi connectivity index (χ1v) is 6.44. The molecular formula is C14H16FNO2. The van der Waals surface area contributed by atoms with Gasteiger partial charge in [-0.25, -0.2) is 9.18 Å². The normalized spacial score (nSPS) is 19.0. The van der Waals surface area contributed by atoms with E-state index < -0.39 is 11.8 Å².